The number of ether oxygens (including phenoxy) is 1. The van der Waals surface area contributed by atoms with Gasteiger partial charge in [-0.25, -0.2) is 0 Å². The van der Waals surface area contributed by atoms with E-state index in [0.717, 1.165) is 11.3 Å². The third kappa shape index (κ3) is 3.58. The van der Waals surface area contributed by atoms with Crippen LogP contribution in [-0.2, 0) is 11.9 Å². The first-order valence-corrected chi connectivity index (χ1v) is 7.72. The van der Waals surface area contributed by atoms with Crippen molar-refractivity contribution < 1.29 is 9.66 Å². The Hall–Kier alpha value is -1.40. The van der Waals surface area contributed by atoms with Gasteiger partial charge in [0.25, 0.3) is 5.69 Å². The highest BCUT2D eigenvalue weighted by Crippen LogP contribution is 2.26. The molecule has 0 N–H and O–H groups in total. The van der Waals surface area contributed by atoms with Gasteiger partial charge in [0.1, 0.15) is 12.4 Å². The van der Waals surface area contributed by atoms with Crippen molar-refractivity contribution in [1.29, 1.82) is 0 Å². The van der Waals surface area contributed by atoms with Gasteiger partial charge in [0.2, 0.25) is 0 Å². The smallest absolute Gasteiger partial charge is 0.277 e. The predicted octanol–water partition coefficient (Wildman–Crippen LogP) is 4.83. The number of hydrogen-bond donors (Lipinski definition) is 0. The van der Waals surface area contributed by atoms with Crippen LogP contribution in [0.25, 0.3) is 0 Å². The normalized spacial score (nSPS) is 10.3. The molecule has 0 aromatic heterocycles. The van der Waals surface area contributed by atoms with E-state index in [1.54, 1.807) is 12.1 Å². The van der Waals surface area contributed by atoms with Gasteiger partial charge in [0.05, 0.1) is 10.5 Å². The largest absolute Gasteiger partial charge is 0.488 e. The van der Waals surface area contributed by atoms with Gasteiger partial charge in [-0.3, -0.25) is 10.1 Å². The second-order valence-electron chi connectivity index (χ2n) is 4.06. The number of rotatable bonds is 5. The standard InChI is InChI=1S/C14H11Br2NO3/c15-8-10-3-1-2-4-14(10)20-9-11-5-6-12(16)7-13(11)17(18)19/h1-7H,8-9H2. The first-order valence-electron chi connectivity index (χ1n) is 5.81. The molecule has 0 aliphatic rings. The molecule has 20 heavy (non-hydrogen) atoms. The van der Waals surface area contributed by atoms with Crippen LogP contribution in [-0.4, -0.2) is 4.92 Å². The van der Waals surface area contributed by atoms with Crippen LogP contribution >= 0.6 is 31.9 Å². The van der Waals surface area contributed by atoms with Crippen molar-refractivity contribution in [2.45, 2.75) is 11.9 Å². The van der Waals surface area contributed by atoms with E-state index in [1.807, 2.05) is 24.3 Å². The predicted molar refractivity (Wildman–Crippen MR) is 84.2 cm³/mol. The number of halogens is 2. The molecule has 0 saturated heterocycles. The topological polar surface area (TPSA) is 52.4 Å². The minimum atomic E-state index is -0.403. The Kier molecular flexibility index (Phi) is 5.14. The van der Waals surface area contributed by atoms with Gasteiger partial charge >= 0.3 is 0 Å². The summed E-state index contributed by atoms with van der Waals surface area (Å²) in [5.74, 6) is 0.724. The van der Waals surface area contributed by atoms with E-state index >= 15 is 0 Å². The summed E-state index contributed by atoms with van der Waals surface area (Å²) in [4.78, 5) is 10.6. The highest BCUT2D eigenvalue weighted by Gasteiger charge is 2.15. The van der Waals surface area contributed by atoms with E-state index in [4.69, 9.17) is 4.74 Å². The Morgan fingerprint density at radius 2 is 1.90 bits per heavy atom. The number of benzene rings is 2. The van der Waals surface area contributed by atoms with Crippen LogP contribution in [0.2, 0.25) is 0 Å². The Labute approximate surface area is 133 Å². The number of nitro groups is 1. The van der Waals surface area contributed by atoms with Crippen molar-refractivity contribution in [1.82, 2.24) is 0 Å². The van der Waals surface area contributed by atoms with Crippen LogP contribution in [0.3, 0.4) is 0 Å². The first kappa shape index (κ1) is 15.0. The van der Waals surface area contributed by atoms with Crippen molar-refractivity contribution in [3.05, 3.63) is 68.2 Å². The maximum Gasteiger partial charge on any atom is 0.277 e. The molecule has 2 rings (SSSR count). The molecule has 0 fully saturated rings. The zero-order valence-electron chi connectivity index (χ0n) is 10.4. The maximum atomic E-state index is 11.0. The average molecular weight is 401 g/mol. The average Bonchev–Trinajstić information content (AvgIpc) is 2.46. The van der Waals surface area contributed by atoms with Gasteiger partial charge in [0.15, 0.2) is 0 Å². The summed E-state index contributed by atoms with van der Waals surface area (Å²) in [7, 11) is 0. The molecule has 0 unspecified atom stereocenters. The molecule has 0 spiro atoms. The molecule has 0 heterocycles. The minimum absolute atomic E-state index is 0.0516. The summed E-state index contributed by atoms with van der Waals surface area (Å²) >= 11 is 6.62. The van der Waals surface area contributed by atoms with Crippen LogP contribution in [0, 0.1) is 10.1 Å². The fourth-order valence-electron chi connectivity index (χ4n) is 1.74. The molecule has 0 radical (unpaired) electrons. The van der Waals surface area contributed by atoms with E-state index in [-0.39, 0.29) is 12.3 Å². The van der Waals surface area contributed by atoms with Crippen molar-refractivity contribution in [2.24, 2.45) is 0 Å². The van der Waals surface area contributed by atoms with Crippen molar-refractivity contribution >= 4 is 37.5 Å². The van der Waals surface area contributed by atoms with Gasteiger partial charge in [-0.1, -0.05) is 50.1 Å². The second kappa shape index (κ2) is 6.85. The molecule has 0 aliphatic heterocycles. The Morgan fingerprint density at radius 3 is 2.60 bits per heavy atom. The highest BCUT2D eigenvalue weighted by atomic mass is 79.9. The van der Waals surface area contributed by atoms with Crippen molar-refractivity contribution in [2.75, 3.05) is 0 Å². The van der Waals surface area contributed by atoms with Crippen molar-refractivity contribution in [3.8, 4) is 5.75 Å². The molecule has 2 aromatic carbocycles. The maximum absolute atomic E-state index is 11.0. The third-order valence-corrected chi connectivity index (χ3v) is 3.84. The van der Waals surface area contributed by atoms with Crippen LogP contribution in [0.4, 0.5) is 5.69 Å². The van der Waals surface area contributed by atoms with Crippen LogP contribution < -0.4 is 4.74 Å². The molecule has 0 amide bonds. The van der Waals surface area contributed by atoms with Gasteiger partial charge < -0.3 is 4.74 Å². The molecule has 0 bridgehead atoms. The fraction of sp³-hybridized carbons (Fsp3) is 0.143. The summed E-state index contributed by atoms with van der Waals surface area (Å²) in [5, 5.41) is 11.7. The number of nitrogens with zero attached hydrogens (tertiary/aromatic N) is 1. The molecule has 4 nitrogen and oxygen atoms in total. The fourth-order valence-corrected chi connectivity index (χ4v) is 2.55. The summed E-state index contributed by atoms with van der Waals surface area (Å²) < 4.78 is 6.37. The lowest BCUT2D eigenvalue weighted by atomic mass is 10.2. The van der Waals surface area contributed by atoms with E-state index < -0.39 is 4.92 Å². The van der Waals surface area contributed by atoms with Crippen LogP contribution in [0.15, 0.2) is 46.9 Å². The lowest BCUT2D eigenvalue weighted by molar-refractivity contribution is -0.385. The molecule has 2 aromatic rings. The lowest BCUT2D eigenvalue weighted by Gasteiger charge is -2.10. The minimum Gasteiger partial charge on any atom is -0.488 e. The van der Waals surface area contributed by atoms with Gasteiger partial charge in [-0.15, -0.1) is 0 Å². The van der Waals surface area contributed by atoms with Crippen LogP contribution in [0.5, 0.6) is 5.75 Å². The molecular weight excluding hydrogens is 390 g/mol. The molecule has 0 atom stereocenters. The Balaban J connectivity index is 2.21. The SMILES string of the molecule is O=[N+]([O-])c1cc(Br)ccc1COc1ccccc1CBr. The summed E-state index contributed by atoms with van der Waals surface area (Å²) in [5.41, 5.74) is 1.60. The zero-order chi connectivity index (χ0) is 14.5. The van der Waals surface area contributed by atoms with E-state index in [9.17, 15) is 10.1 Å². The van der Waals surface area contributed by atoms with E-state index in [0.29, 0.717) is 15.4 Å². The van der Waals surface area contributed by atoms with Crippen LogP contribution in [0.1, 0.15) is 11.1 Å². The molecular formula is C14H11Br2NO3. The molecule has 6 heteroatoms. The van der Waals surface area contributed by atoms with E-state index in [1.165, 1.54) is 6.07 Å². The highest BCUT2D eigenvalue weighted by molar-refractivity contribution is 9.10. The monoisotopic (exact) mass is 399 g/mol. The summed E-state index contributed by atoms with van der Waals surface area (Å²) in [6.07, 6.45) is 0. The van der Waals surface area contributed by atoms with Gasteiger partial charge in [0, 0.05) is 21.4 Å². The first-order chi connectivity index (χ1) is 9.61. The molecule has 0 aliphatic carbocycles. The number of alkyl halides is 1. The molecule has 104 valence electrons. The Bertz CT molecular complexity index is 632. The van der Waals surface area contributed by atoms with Crippen molar-refractivity contribution in [3.63, 3.8) is 0 Å². The summed E-state index contributed by atoms with van der Waals surface area (Å²) in [6.45, 7) is 0.160. The van der Waals surface area contributed by atoms with E-state index in [2.05, 4.69) is 31.9 Å². The quantitative estimate of drug-likeness (QED) is 0.410. The zero-order valence-corrected chi connectivity index (χ0v) is 13.6. The lowest BCUT2D eigenvalue weighted by Crippen LogP contribution is -2.01. The number of hydrogen-bond acceptors (Lipinski definition) is 3. The Morgan fingerprint density at radius 1 is 1.15 bits per heavy atom. The number of para-hydroxylation sites is 1. The number of nitro benzene ring substituents is 1. The van der Waals surface area contributed by atoms with Gasteiger partial charge in [-0.05, 0) is 18.2 Å². The molecule has 0 saturated carbocycles. The second-order valence-corrected chi connectivity index (χ2v) is 5.54. The van der Waals surface area contributed by atoms with Gasteiger partial charge in [-0.2, -0.15) is 0 Å². The third-order valence-electron chi connectivity index (χ3n) is 2.74. The summed E-state index contributed by atoms with van der Waals surface area (Å²) in [6, 6.07) is 12.5.